The van der Waals surface area contributed by atoms with Gasteiger partial charge in [0.25, 0.3) is 0 Å². The van der Waals surface area contributed by atoms with Crippen molar-refractivity contribution in [2.24, 2.45) is 5.92 Å². The number of piperidine rings is 1. The highest BCUT2D eigenvalue weighted by atomic mass is 15.3. The summed E-state index contributed by atoms with van der Waals surface area (Å²) in [4.78, 5) is 4.29. The second-order valence-electron chi connectivity index (χ2n) is 6.01. The number of hydrogen-bond acceptors (Lipinski definition) is 3. The Morgan fingerprint density at radius 2 is 2.10 bits per heavy atom. The molecule has 2 aromatic heterocycles. The van der Waals surface area contributed by atoms with Gasteiger partial charge in [0.15, 0.2) is 0 Å². The molecule has 0 radical (unpaired) electrons. The molecule has 0 aliphatic carbocycles. The molecule has 3 rings (SSSR count). The lowest BCUT2D eigenvalue weighted by Crippen LogP contribution is -2.29. The maximum atomic E-state index is 4.56. The van der Waals surface area contributed by atoms with Crippen molar-refractivity contribution in [3.05, 3.63) is 30.6 Å². The van der Waals surface area contributed by atoms with E-state index < -0.39 is 0 Å². The van der Waals surface area contributed by atoms with Crippen molar-refractivity contribution in [1.82, 2.24) is 24.6 Å². The van der Waals surface area contributed by atoms with Gasteiger partial charge in [-0.2, -0.15) is 5.10 Å². The van der Waals surface area contributed by atoms with Crippen LogP contribution < -0.4 is 5.32 Å². The molecule has 3 heterocycles. The average molecular weight is 273 g/mol. The summed E-state index contributed by atoms with van der Waals surface area (Å²) in [6, 6.07) is 0.530. The summed E-state index contributed by atoms with van der Waals surface area (Å²) in [5.74, 6) is 0.630. The molecule has 0 bridgehead atoms. The standard InChI is InChI=1S/C15H23N5/c1-12(2)7-14-8-17-11-19(14)15-9-18-20(10-15)13-3-5-16-6-4-13/h8-13,16H,3-7H2,1-2H3. The zero-order valence-corrected chi connectivity index (χ0v) is 12.3. The summed E-state index contributed by atoms with van der Waals surface area (Å²) in [5, 5.41) is 7.95. The highest BCUT2D eigenvalue weighted by molar-refractivity contribution is 5.28. The van der Waals surface area contributed by atoms with Gasteiger partial charge >= 0.3 is 0 Å². The van der Waals surface area contributed by atoms with Gasteiger partial charge in [-0.25, -0.2) is 4.98 Å². The highest BCUT2D eigenvalue weighted by Crippen LogP contribution is 2.20. The van der Waals surface area contributed by atoms with Crippen LogP contribution in [0.4, 0.5) is 0 Å². The second kappa shape index (κ2) is 5.79. The van der Waals surface area contributed by atoms with Gasteiger partial charge in [-0.3, -0.25) is 4.68 Å². The number of aromatic nitrogens is 4. The van der Waals surface area contributed by atoms with E-state index in [0.29, 0.717) is 12.0 Å². The normalized spacial score (nSPS) is 16.9. The summed E-state index contributed by atoms with van der Waals surface area (Å²) in [6.07, 6.45) is 11.3. The van der Waals surface area contributed by atoms with Gasteiger partial charge < -0.3 is 9.88 Å². The van der Waals surface area contributed by atoms with Crippen LogP contribution in [0.25, 0.3) is 5.69 Å². The molecule has 0 spiro atoms. The lowest BCUT2D eigenvalue weighted by molar-refractivity contribution is 0.343. The van der Waals surface area contributed by atoms with Gasteiger partial charge in [-0.05, 0) is 38.3 Å². The molecule has 1 aliphatic rings. The van der Waals surface area contributed by atoms with Crippen molar-refractivity contribution in [2.75, 3.05) is 13.1 Å². The summed E-state index contributed by atoms with van der Waals surface area (Å²) < 4.78 is 4.28. The molecule has 1 N–H and O–H groups in total. The first-order chi connectivity index (χ1) is 9.74. The van der Waals surface area contributed by atoms with Crippen molar-refractivity contribution in [3.8, 4) is 5.69 Å². The van der Waals surface area contributed by atoms with Crippen LogP contribution >= 0.6 is 0 Å². The SMILES string of the molecule is CC(C)Cc1cncn1-c1cnn(C2CCNCC2)c1. The Balaban J connectivity index is 1.81. The van der Waals surface area contributed by atoms with E-state index >= 15 is 0 Å². The lowest BCUT2D eigenvalue weighted by Gasteiger charge is -2.22. The number of nitrogens with one attached hydrogen (secondary N) is 1. The van der Waals surface area contributed by atoms with E-state index in [-0.39, 0.29) is 0 Å². The van der Waals surface area contributed by atoms with Crippen LogP contribution in [0.1, 0.15) is 38.4 Å². The molecule has 0 unspecified atom stereocenters. The maximum absolute atomic E-state index is 4.56. The second-order valence-corrected chi connectivity index (χ2v) is 6.01. The van der Waals surface area contributed by atoms with Crippen molar-refractivity contribution >= 4 is 0 Å². The van der Waals surface area contributed by atoms with Crippen molar-refractivity contribution < 1.29 is 0 Å². The summed E-state index contributed by atoms with van der Waals surface area (Å²) in [6.45, 7) is 6.64. The van der Waals surface area contributed by atoms with Crippen molar-refractivity contribution in [2.45, 2.75) is 39.2 Å². The summed E-state index contributed by atoms with van der Waals surface area (Å²) in [7, 11) is 0. The van der Waals surface area contributed by atoms with Crippen LogP contribution in [-0.2, 0) is 6.42 Å². The Bertz CT molecular complexity index is 548. The predicted molar refractivity (Wildman–Crippen MR) is 79.0 cm³/mol. The highest BCUT2D eigenvalue weighted by Gasteiger charge is 2.16. The van der Waals surface area contributed by atoms with Crippen LogP contribution in [0.5, 0.6) is 0 Å². The molecule has 0 saturated carbocycles. The molecular weight excluding hydrogens is 250 g/mol. The topological polar surface area (TPSA) is 47.7 Å². The Kier molecular flexibility index (Phi) is 3.87. The minimum atomic E-state index is 0.530. The fraction of sp³-hybridized carbons (Fsp3) is 0.600. The summed E-state index contributed by atoms with van der Waals surface area (Å²) >= 11 is 0. The van der Waals surface area contributed by atoms with Gasteiger partial charge in [0.1, 0.15) is 0 Å². The van der Waals surface area contributed by atoms with E-state index in [1.54, 1.807) is 0 Å². The van der Waals surface area contributed by atoms with Crippen LogP contribution in [0.2, 0.25) is 0 Å². The van der Waals surface area contributed by atoms with Crippen LogP contribution in [0.3, 0.4) is 0 Å². The number of hydrogen-bond donors (Lipinski definition) is 1. The fourth-order valence-electron chi connectivity index (χ4n) is 2.85. The maximum Gasteiger partial charge on any atom is 0.0995 e. The first-order valence-electron chi connectivity index (χ1n) is 7.50. The molecule has 5 nitrogen and oxygen atoms in total. The van der Waals surface area contributed by atoms with Gasteiger partial charge in [-0.15, -0.1) is 0 Å². The van der Waals surface area contributed by atoms with E-state index in [0.717, 1.165) is 38.0 Å². The quantitative estimate of drug-likeness (QED) is 0.929. The Morgan fingerprint density at radius 1 is 1.30 bits per heavy atom. The molecule has 2 aromatic rings. The van der Waals surface area contributed by atoms with Crippen molar-refractivity contribution in [3.63, 3.8) is 0 Å². The molecule has 0 amide bonds. The van der Waals surface area contributed by atoms with E-state index in [1.807, 2.05) is 18.7 Å². The molecule has 108 valence electrons. The number of rotatable bonds is 4. The molecule has 1 aliphatic heterocycles. The first-order valence-corrected chi connectivity index (χ1v) is 7.50. The fourth-order valence-corrected chi connectivity index (χ4v) is 2.85. The van der Waals surface area contributed by atoms with Gasteiger partial charge in [0.2, 0.25) is 0 Å². The van der Waals surface area contributed by atoms with E-state index in [9.17, 15) is 0 Å². The van der Waals surface area contributed by atoms with Crippen LogP contribution in [-0.4, -0.2) is 32.4 Å². The Morgan fingerprint density at radius 3 is 2.85 bits per heavy atom. The molecule has 1 fully saturated rings. The molecular formula is C15H23N5. The molecule has 1 saturated heterocycles. The third-order valence-corrected chi connectivity index (χ3v) is 3.88. The number of nitrogens with zero attached hydrogens (tertiary/aromatic N) is 4. The minimum absolute atomic E-state index is 0.530. The van der Waals surface area contributed by atoms with Gasteiger partial charge in [0, 0.05) is 18.1 Å². The van der Waals surface area contributed by atoms with Gasteiger partial charge in [-0.1, -0.05) is 13.8 Å². The zero-order chi connectivity index (χ0) is 13.9. The van der Waals surface area contributed by atoms with Crippen LogP contribution in [0, 0.1) is 5.92 Å². The predicted octanol–water partition coefficient (Wildman–Crippen LogP) is 2.19. The third-order valence-electron chi connectivity index (χ3n) is 3.88. The molecule has 5 heteroatoms. The lowest BCUT2D eigenvalue weighted by atomic mass is 10.1. The first kappa shape index (κ1) is 13.4. The van der Waals surface area contributed by atoms with E-state index in [2.05, 4.69) is 44.7 Å². The smallest absolute Gasteiger partial charge is 0.0995 e. The van der Waals surface area contributed by atoms with Gasteiger partial charge in [0.05, 0.1) is 24.3 Å². The van der Waals surface area contributed by atoms with E-state index in [1.165, 1.54) is 5.69 Å². The third kappa shape index (κ3) is 2.77. The number of imidazole rings is 1. The van der Waals surface area contributed by atoms with E-state index in [4.69, 9.17) is 0 Å². The largest absolute Gasteiger partial charge is 0.317 e. The molecule has 0 aromatic carbocycles. The Hall–Kier alpha value is -1.62. The monoisotopic (exact) mass is 273 g/mol. The minimum Gasteiger partial charge on any atom is -0.317 e. The molecule has 0 atom stereocenters. The van der Waals surface area contributed by atoms with Crippen LogP contribution in [0.15, 0.2) is 24.9 Å². The molecule has 20 heavy (non-hydrogen) atoms. The average Bonchev–Trinajstić information content (AvgIpc) is 3.07. The van der Waals surface area contributed by atoms with Crippen molar-refractivity contribution in [1.29, 1.82) is 0 Å². The summed E-state index contributed by atoms with van der Waals surface area (Å²) in [5.41, 5.74) is 2.38. The Labute approximate surface area is 120 Å². The zero-order valence-electron chi connectivity index (χ0n) is 12.3.